The van der Waals surface area contributed by atoms with Gasteiger partial charge in [-0.05, 0) is 32.9 Å². The summed E-state index contributed by atoms with van der Waals surface area (Å²) in [5, 5.41) is 0. The van der Waals surface area contributed by atoms with Gasteiger partial charge in [-0.1, -0.05) is 30.0 Å². The summed E-state index contributed by atoms with van der Waals surface area (Å²) in [6.45, 7) is 10.6. The van der Waals surface area contributed by atoms with E-state index in [4.69, 9.17) is 0 Å². The number of rotatable bonds is 5. The van der Waals surface area contributed by atoms with Crippen molar-refractivity contribution in [3.63, 3.8) is 0 Å². The first-order valence-electron chi connectivity index (χ1n) is 7.71. The van der Waals surface area contributed by atoms with E-state index in [0.29, 0.717) is 18.0 Å². The zero-order valence-corrected chi connectivity index (χ0v) is 14.6. The van der Waals surface area contributed by atoms with Crippen molar-refractivity contribution < 1.29 is 9.59 Å². The SMILES string of the molecule is C=CCN1C(=O)/C(=C\C(=O)N(CC)C(C)C)Sc2ccccc21. The molecule has 0 saturated heterocycles. The fourth-order valence-electron chi connectivity index (χ4n) is 2.54. The van der Waals surface area contributed by atoms with E-state index in [9.17, 15) is 9.59 Å². The van der Waals surface area contributed by atoms with Crippen LogP contribution in [0.3, 0.4) is 0 Å². The summed E-state index contributed by atoms with van der Waals surface area (Å²) < 4.78 is 0. The van der Waals surface area contributed by atoms with Gasteiger partial charge < -0.3 is 9.80 Å². The summed E-state index contributed by atoms with van der Waals surface area (Å²) >= 11 is 1.35. The number of carbonyl (C=O) groups is 2. The van der Waals surface area contributed by atoms with Gasteiger partial charge in [0.1, 0.15) is 0 Å². The van der Waals surface area contributed by atoms with Gasteiger partial charge in [-0.3, -0.25) is 9.59 Å². The number of thioether (sulfide) groups is 1. The van der Waals surface area contributed by atoms with E-state index in [1.165, 1.54) is 17.8 Å². The molecular formula is C18H22N2O2S. The van der Waals surface area contributed by atoms with Gasteiger partial charge >= 0.3 is 0 Å². The molecule has 0 spiro atoms. The zero-order valence-electron chi connectivity index (χ0n) is 13.8. The first-order valence-corrected chi connectivity index (χ1v) is 8.53. The Morgan fingerprint density at radius 1 is 1.39 bits per heavy atom. The average molecular weight is 330 g/mol. The van der Waals surface area contributed by atoms with Crippen molar-refractivity contribution in [2.75, 3.05) is 18.0 Å². The van der Waals surface area contributed by atoms with Crippen LogP contribution in [0, 0.1) is 0 Å². The fraction of sp³-hybridized carbons (Fsp3) is 0.333. The van der Waals surface area contributed by atoms with Crippen molar-refractivity contribution in [2.24, 2.45) is 0 Å². The van der Waals surface area contributed by atoms with Crippen molar-refractivity contribution in [1.82, 2.24) is 4.90 Å². The van der Waals surface area contributed by atoms with Crippen LogP contribution in [-0.2, 0) is 9.59 Å². The molecule has 0 aromatic heterocycles. The third kappa shape index (κ3) is 3.67. The third-order valence-electron chi connectivity index (χ3n) is 3.65. The number of nitrogens with zero attached hydrogens (tertiary/aromatic N) is 2. The fourth-order valence-corrected chi connectivity index (χ4v) is 3.57. The molecule has 5 heteroatoms. The number of hydrogen-bond donors (Lipinski definition) is 0. The summed E-state index contributed by atoms with van der Waals surface area (Å²) in [6, 6.07) is 7.81. The lowest BCUT2D eigenvalue weighted by atomic mass is 10.2. The van der Waals surface area contributed by atoms with E-state index < -0.39 is 0 Å². The Bertz CT molecular complexity index is 652. The van der Waals surface area contributed by atoms with Gasteiger partial charge in [0.2, 0.25) is 5.91 Å². The first kappa shape index (κ1) is 17.3. The summed E-state index contributed by atoms with van der Waals surface area (Å²) in [4.78, 5) is 30.0. The maximum atomic E-state index is 12.7. The van der Waals surface area contributed by atoms with Crippen molar-refractivity contribution in [3.8, 4) is 0 Å². The van der Waals surface area contributed by atoms with Gasteiger partial charge in [0.25, 0.3) is 5.91 Å². The molecule has 1 aromatic carbocycles. The second-order valence-electron chi connectivity index (χ2n) is 5.50. The molecule has 1 aliphatic rings. The minimum absolute atomic E-state index is 0.101. The number of amides is 2. The minimum atomic E-state index is -0.151. The highest BCUT2D eigenvalue weighted by Crippen LogP contribution is 2.41. The topological polar surface area (TPSA) is 40.6 Å². The third-order valence-corrected chi connectivity index (χ3v) is 4.72. The normalized spacial score (nSPS) is 15.7. The summed E-state index contributed by atoms with van der Waals surface area (Å²) in [6.07, 6.45) is 3.15. The lowest BCUT2D eigenvalue weighted by Gasteiger charge is -2.30. The predicted octanol–water partition coefficient (Wildman–Crippen LogP) is 3.45. The van der Waals surface area contributed by atoms with E-state index in [1.54, 1.807) is 15.9 Å². The number of benzene rings is 1. The number of hydrogen-bond acceptors (Lipinski definition) is 3. The molecule has 0 saturated carbocycles. The Kier molecular flexibility index (Phi) is 5.66. The Balaban J connectivity index is 2.37. The molecule has 122 valence electrons. The molecule has 2 rings (SSSR count). The zero-order chi connectivity index (χ0) is 17.0. The van der Waals surface area contributed by atoms with Crippen LogP contribution in [-0.4, -0.2) is 35.8 Å². The summed E-state index contributed by atoms with van der Waals surface area (Å²) in [7, 11) is 0. The number of fused-ring (bicyclic) bond motifs is 1. The van der Waals surface area contributed by atoms with Crippen LogP contribution in [0.5, 0.6) is 0 Å². The van der Waals surface area contributed by atoms with Crippen LogP contribution in [0.4, 0.5) is 5.69 Å². The van der Waals surface area contributed by atoms with Gasteiger partial charge in [0, 0.05) is 30.1 Å². The van der Waals surface area contributed by atoms with Gasteiger partial charge in [-0.2, -0.15) is 0 Å². The van der Waals surface area contributed by atoms with Gasteiger partial charge in [-0.25, -0.2) is 0 Å². The van der Waals surface area contributed by atoms with Gasteiger partial charge in [0.15, 0.2) is 0 Å². The second kappa shape index (κ2) is 7.51. The molecule has 0 unspecified atom stereocenters. The molecule has 0 radical (unpaired) electrons. The van der Waals surface area contributed by atoms with Gasteiger partial charge in [-0.15, -0.1) is 6.58 Å². The minimum Gasteiger partial charge on any atom is -0.337 e. The molecule has 0 N–H and O–H groups in total. The quantitative estimate of drug-likeness (QED) is 0.613. The molecular weight excluding hydrogens is 308 g/mol. The molecule has 0 atom stereocenters. The van der Waals surface area contributed by atoms with E-state index >= 15 is 0 Å². The number of para-hydroxylation sites is 1. The Morgan fingerprint density at radius 2 is 2.09 bits per heavy atom. The van der Waals surface area contributed by atoms with E-state index in [1.807, 2.05) is 45.0 Å². The Hall–Kier alpha value is -2.01. The molecule has 1 aliphatic heterocycles. The number of likely N-dealkylation sites (N-methyl/N-ethyl adjacent to an activating group) is 1. The highest BCUT2D eigenvalue weighted by molar-refractivity contribution is 8.04. The van der Waals surface area contributed by atoms with Crippen molar-refractivity contribution >= 4 is 29.3 Å². The van der Waals surface area contributed by atoms with Crippen LogP contribution >= 0.6 is 11.8 Å². The van der Waals surface area contributed by atoms with Crippen molar-refractivity contribution in [2.45, 2.75) is 31.7 Å². The van der Waals surface area contributed by atoms with Gasteiger partial charge in [0.05, 0.1) is 10.6 Å². The predicted molar refractivity (Wildman–Crippen MR) is 95.5 cm³/mol. The Labute approximate surface area is 141 Å². The monoisotopic (exact) mass is 330 g/mol. The van der Waals surface area contributed by atoms with Crippen LogP contribution in [0.2, 0.25) is 0 Å². The highest BCUT2D eigenvalue weighted by atomic mass is 32.2. The van der Waals surface area contributed by atoms with Crippen molar-refractivity contribution in [1.29, 1.82) is 0 Å². The average Bonchev–Trinajstić information content (AvgIpc) is 2.51. The van der Waals surface area contributed by atoms with Crippen molar-refractivity contribution in [3.05, 3.63) is 47.9 Å². The molecule has 23 heavy (non-hydrogen) atoms. The largest absolute Gasteiger partial charge is 0.337 e. The lowest BCUT2D eigenvalue weighted by Crippen LogP contribution is -2.38. The molecule has 1 aromatic rings. The maximum Gasteiger partial charge on any atom is 0.265 e. The van der Waals surface area contributed by atoms with Crippen LogP contribution in [0.15, 0.2) is 52.8 Å². The summed E-state index contributed by atoms with van der Waals surface area (Å²) in [5.41, 5.74) is 0.864. The maximum absolute atomic E-state index is 12.7. The number of carbonyl (C=O) groups excluding carboxylic acids is 2. The van der Waals surface area contributed by atoms with Crippen LogP contribution in [0.25, 0.3) is 0 Å². The molecule has 0 bridgehead atoms. The summed E-state index contributed by atoms with van der Waals surface area (Å²) in [5.74, 6) is -0.280. The first-order chi connectivity index (χ1) is 11.0. The molecule has 0 aliphatic carbocycles. The standard InChI is InChI=1S/C18H22N2O2S/c1-5-11-20-14-9-7-8-10-15(14)23-16(18(20)22)12-17(21)19(6-2)13(3)4/h5,7-10,12-13H,1,6,11H2,2-4H3/b16-12+. The molecule has 4 nitrogen and oxygen atoms in total. The van der Waals surface area contributed by atoms with E-state index in [2.05, 4.69) is 6.58 Å². The molecule has 0 fully saturated rings. The van der Waals surface area contributed by atoms with Crippen LogP contribution < -0.4 is 4.90 Å². The second-order valence-corrected chi connectivity index (χ2v) is 6.58. The van der Waals surface area contributed by atoms with E-state index in [-0.39, 0.29) is 17.9 Å². The van der Waals surface area contributed by atoms with Crippen LogP contribution in [0.1, 0.15) is 20.8 Å². The van der Waals surface area contributed by atoms with E-state index in [0.717, 1.165) is 10.6 Å². The number of anilines is 1. The molecule has 1 heterocycles. The Morgan fingerprint density at radius 3 is 2.70 bits per heavy atom. The smallest absolute Gasteiger partial charge is 0.265 e. The highest BCUT2D eigenvalue weighted by Gasteiger charge is 2.29. The lowest BCUT2D eigenvalue weighted by molar-refractivity contribution is -0.127. The molecule has 2 amide bonds.